The van der Waals surface area contributed by atoms with E-state index in [0.717, 1.165) is 35.4 Å². The van der Waals surface area contributed by atoms with Crippen LogP contribution in [0.3, 0.4) is 0 Å². The number of aryl methyl sites for hydroxylation is 1. The molecule has 1 saturated heterocycles. The van der Waals surface area contributed by atoms with Crippen molar-refractivity contribution in [1.82, 2.24) is 9.88 Å². The van der Waals surface area contributed by atoms with Gasteiger partial charge in [-0.15, -0.1) is 0 Å². The molecule has 1 fully saturated rings. The van der Waals surface area contributed by atoms with E-state index >= 15 is 0 Å². The van der Waals surface area contributed by atoms with Gasteiger partial charge in [-0.2, -0.15) is 0 Å². The summed E-state index contributed by atoms with van der Waals surface area (Å²) in [6, 6.07) is 8.55. The maximum Gasteiger partial charge on any atom is 0.219 e. The number of amides is 1. The van der Waals surface area contributed by atoms with E-state index in [1.165, 1.54) is 18.4 Å². The smallest absolute Gasteiger partial charge is 0.219 e. The Morgan fingerprint density at radius 3 is 2.72 bits per heavy atom. The number of pyridine rings is 1. The van der Waals surface area contributed by atoms with Gasteiger partial charge in [0.25, 0.3) is 0 Å². The molecule has 25 heavy (non-hydrogen) atoms. The molecule has 0 radical (unpaired) electrons. The van der Waals surface area contributed by atoms with Crippen molar-refractivity contribution in [2.75, 3.05) is 38.3 Å². The van der Waals surface area contributed by atoms with Crippen LogP contribution in [0.25, 0.3) is 10.9 Å². The molecule has 0 N–H and O–H groups in total. The number of hydrogen-bond donors (Lipinski definition) is 0. The molecule has 1 aliphatic rings. The van der Waals surface area contributed by atoms with Crippen molar-refractivity contribution < 1.29 is 9.53 Å². The van der Waals surface area contributed by atoms with Gasteiger partial charge in [-0.1, -0.05) is 11.6 Å². The number of anilines is 1. The molecule has 1 aliphatic heterocycles. The van der Waals surface area contributed by atoms with E-state index in [2.05, 4.69) is 36.1 Å². The molecule has 5 heteroatoms. The van der Waals surface area contributed by atoms with Crippen molar-refractivity contribution in [3.8, 4) is 0 Å². The molecule has 0 atom stereocenters. The number of aromatic nitrogens is 1. The van der Waals surface area contributed by atoms with Gasteiger partial charge in [-0.05, 0) is 38.0 Å². The van der Waals surface area contributed by atoms with Crippen LogP contribution in [-0.2, 0) is 16.1 Å². The van der Waals surface area contributed by atoms with Gasteiger partial charge in [0.05, 0.1) is 12.1 Å². The Kier molecular flexibility index (Phi) is 5.53. The second-order valence-corrected chi connectivity index (χ2v) is 6.79. The van der Waals surface area contributed by atoms with Gasteiger partial charge in [0.1, 0.15) is 5.82 Å². The lowest BCUT2D eigenvalue weighted by Crippen LogP contribution is -2.32. The van der Waals surface area contributed by atoms with Gasteiger partial charge < -0.3 is 14.5 Å². The molecule has 0 bridgehead atoms. The summed E-state index contributed by atoms with van der Waals surface area (Å²) in [6.07, 6.45) is 2.40. The minimum absolute atomic E-state index is 0.0637. The number of carbonyl (C=O) groups excluding carboxylic acids is 1. The van der Waals surface area contributed by atoms with Crippen LogP contribution >= 0.6 is 0 Å². The molecule has 134 valence electrons. The summed E-state index contributed by atoms with van der Waals surface area (Å²) < 4.78 is 5.16. The average molecular weight is 341 g/mol. The molecule has 0 unspecified atom stereocenters. The fourth-order valence-electron chi connectivity index (χ4n) is 3.40. The zero-order valence-electron chi connectivity index (χ0n) is 15.4. The van der Waals surface area contributed by atoms with Crippen molar-refractivity contribution in [3.63, 3.8) is 0 Å². The van der Waals surface area contributed by atoms with Crippen LogP contribution in [0.15, 0.2) is 24.3 Å². The summed E-state index contributed by atoms with van der Waals surface area (Å²) in [7, 11) is 1.66. The fraction of sp³-hybridized carbons (Fsp3) is 0.500. The molecule has 2 heterocycles. The third-order valence-electron chi connectivity index (χ3n) is 4.80. The van der Waals surface area contributed by atoms with E-state index < -0.39 is 0 Å². The predicted octanol–water partition coefficient (Wildman–Crippen LogP) is 3.14. The van der Waals surface area contributed by atoms with Gasteiger partial charge in [0.2, 0.25) is 5.91 Å². The number of rotatable bonds is 6. The third-order valence-corrected chi connectivity index (χ3v) is 4.80. The highest BCUT2D eigenvalue weighted by Gasteiger charge is 2.20. The largest absolute Gasteiger partial charge is 0.383 e. The Labute approximate surface area is 149 Å². The lowest BCUT2D eigenvalue weighted by Gasteiger charge is -2.26. The summed E-state index contributed by atoms with van der Waals surface area (Å²) in [5, 5.41) is 1.13. The van der Waals surface area contributed by atoms with E-state index in [4.69, 9.17) is 9.72 Å². The molecule has 1 aromatic heterocycles. The Bertz CT molecular complexity index is 754. The fourth-order valence-corrected chi connectivity index (χ4v) is 3.40. The Hall–Kier alpha value is -2.14. The van der Waals surface area contributed by atoms with Crippen LogP contribution in [0.5, 0.6) is 0 Å². The SMILES string of the molecule is COCCN(Cc1cc2cc(C)ccc2nc1N1CCCC1)C(C)=O. The topological polar surface area (TPSA) is 45.7 Å². The van der Waals surface area contributed by atoms with E-state index in [-0.39, 0.29) is 5.91 Å². The maximum absolute atomic E-state index is 12.0. The first-order valence-electron chi connectivity index (χ1n) is 8.98. The number of carbonyl (C=O) groups is 1. The van der Waals surface area contributed by atoms with Crippen molar-refractivity contribution in [2.24, 2.45) is 0 Å². The summed E-state index contributed by atoms with van der Waals surface area (Å²) in [5.74, 6) is 1.09. The molecule has 0 aliphatic carbocycles. The second-order valence-electron chi connectivity index (χ2n) is 6.79. The highest BCUT2D eigenvalue weighted by molar-refractivity contribution is 5.83. The number of benzene rings is 1. The molecule has 1 aromatic carbocycles. The first kappa shape index (κ1) is 17.7. The number of nitrogens with zero attached hydrogens (tertiary/aromatic N) is 3. The zero-order valence-corrected chi connectivity index (χ0v) is 15.4. The van der Waals surface area contributed by atoms with Crippen LogP contribution < -0.4 is 4.90 Å². The minimum Gasteiger partial charge on any atom is -0.383 e. The molecule has 5 nitrogen and oxygen atoms in total. The van der Waals surface area contributed by atoms with E-state index in [1.807, 2.05) is 4.90 Å². The average Bonchev–Trinajstić information content (AvgIpc) is 3.11. The standard InChI is InChI=1S/C20H27N3O2/c1-15-6-7-19-17(12-15)13-18(14-23(16(2)24)10-11-25-3)20(21-19)22-8-4-5-9-22/h6-7,12-13H,4-5,8-11,14H2,1-3H3. The second kappa shape index (κ2) is 7.83. The summed E-state index contributed by atoms with van der Waals surface area (Å²) in [4.78, 5) is 21.2. The summed E-state index contributed by atoms with van der Waals surface area (Å²) in [5.41, 5.74) is 3.35. The zero-order chi connectivity index (χ0) is 17.8. The highest BCUT2D eigenvalue weighted by Crippen LogP contribution is 2.28. The lowest BCUT2D eigenvalue weighted by atomic mass is 10.1. The van der Waals surface area contributed by atoms with Gasteiger partial charge in [-0.25, -0.2) is 4.98 Å². The molecule has 0 spiro atoms. The monoisotopic (exact) mass is 341 g/mol. The first-order valence-corrected chi connectivity index (χ1v) is 8.98. The summed E-state index contributed by atoms with van der Waals surface area (Å²) >= 11 is 0. The molecular weight excluding hydrogens is 314 g/mol. The van der Waals surface area contributed by atoms with Gasteiger partial charge in [0, 0.05) is 51.2 Å². The van der Waals surface area contributed by atoms with Crippen LogP contribution in [-0.4, -0.2) is 49.1 Å². The minimum atomic E-state index is 0.0637. The molecule has 1 amide bonds. The molecule has 3 rings (SSSR count). The number of hydrogen-bond acceptors (Lipinski definition) is 4. The van der Waals surface area contributed by atoms with Crippen LogP contribution in [0.1, 0.15) is 30.9 Å². The maximum atomic E-state index is 12.0. The van der Waals surface area contributed by atoms with E-state index in [1.54, 1.807) is 14.0 Å². The Morgan fingerprint density at radius 1 is 1.28 bits per heavy atom. The third kappa shape index (κ3) is 4.10. The summed E-state index contributed by atoms with van der Waals surface area (Å²) in [6.45, 7) is 7.49. The molecule has 0 saturated carbocycles. The van der Waals surface area contributed by atoms with Crippen LogP contribution in [0.4, 0.5) is 5.82 Å². The van der Waals surface area contributed by atoms with Gasteiger partial charge >= 0.3 is 0 Å². The van der Waals surface area contributed by atoms with Crippen LogP contribution in [0, 0.1) is 6.92 Å². The highest BCUT2D eigenvalue weighted by atomic mass is 16.5. The number of fused-ring (bicyclic) bond motifs is 1. The number of methoxy groups -OCH3 is 1. The van der Waals surface area contributed by atoms with E-state index in [9.17, 15) is 4.79 Å². The van der Waals surface area contributed by atoms with Gasteiger partial charge in [-0.3, -0.25) is 4.79 Å². The van der Waals surface area contributed by atoms with E-state index in [0.29, 0.717) is 19.7 Å². The quantitative estimate of drug-likeness (QED) is 0.810. The first-order chi connectivity index (χ1) is 12.1. The van der Waals surface area contributed by atoms with Crippen molar-refractivity contribution >= 4 is 22.6 Å². The van der Waals surface area contributed by atoms with Crippen molar-refractivity contribution in [3.05, 3.63) is 35.4 Å². The normalized spacial score (nSPS) is 14.3. The lowest BCUT2D eigenvalue weighted by molar-refractivity contribution is -0.130. The Morgan fingerprint density at radius 2 is 2.04 bits per heavy atom. The predicted molar refractivity (Wildman–Crippen MR) is 101 cm³/mol. The number of ether oxygens (including phenoxy) is 1. The van der Waals surface area contributed by atoms with Crippen LogP contribution in [0.2, 0.25) is 0 Å². The molecular formula is C20H27N3O2. The molecule has 2 aromatic rings. The van der Waals surface area contributed by atoms with Crippen molar-refractivity contribution in [1.29, 1.82) is 0 Å². The van der Waals surface area contributed by atoms with Crippen molar-refractivity contribution in [2.45, 2.75) is 33.2 Å². The Balaban J connectivity index is 2.00. The van der Waals surface area contributed by atoms with Gasteiger partial charge in [0.15, 0.2) is 0 Å².